The highest BCUT2D eigenvalue weighted by molar-refractivity contribution is 5.71. The number of fused-ring (bicyclic) bond motifs is 2. The fraction of sp³-hybridized carbons (Fsp3) is 0.923. The van der Waals surface area contributed by atoms with E-state index in [4.69, 9.17) is 0 Å². The average molecular weight is 241 g/mol. The molecule has 0 radical (unpaired) electrons. The Balaban J connectivity index is 2.16. The maximum Gasteiger partial charge on any atom is 0.309 e. The standard InChI is InChI=1S/C13H23NO3/c1-3-4-11(12(15)16)13(17)7-9-5-6-10(8-13)14(9)2/h9-11,17H,3-8H2,1-2H3,(H,15,16). The Hall–Kier alpha value is -0.610. The van der Waals surface area contributed by atoms with Gasteiger partial charge in [0.1, 0.15) is 0 Å². The van der Waals surface area contributed by atoms with Crippen molar-refractivity contribution in [3.05, 3.63) is 0 Å². The maximum atomic E-state index is 11.3. The molecule has 2 aliphatic rings. The van der Waals surface area contributed by atoms with Crippen molar-refractivity contribution in [2.45, 2.75) is 63.1 Å². The number of carboxylic acid groups (broad SMARTS) is 1. The molecule has 0 saturated carbocycles. The van der Waals surface area contributed by atoms with Gasteiger partial charge in [-0.15, -0.1) is 0 Å². The quantitative estimate of drug-likeness (QED) is 0.782. The Bertz CT molecular complexity index is 291. The Labute approximate surface area is 103 Å². The third-order valence-corrected chi connectivity index (χ3v) is 4.69. The first-order valence-electron chi connectivity index (χ1n) is 6.65. The number of carbonyl (C=O) groups is 1. The van der Waals surface area contributed by atoms with E-state index in [-0.39, 0.29) is 0 Å². The highest BCUT2D eigenvalue weighted by atomic mass is 16.4. The highest BCUT2D eigenvalue weighted by Gasteiger charge is 2.51. The van der Waals surface area contributed by atoms with E-state index < -0.39 is 17.5 Å². The van der Waals surface area contributed by atoms with E-state index in [1.54, 1.807) is 0 Å². The van der Waals surface area contributed by atoms with Crippen LogP contribution in [0.4, 0.5) is 0 Å². The second kappa shape index (κ2) is 4.58. The van der Waals surface area contributed by atoms with Crippen molar-refractivity contribution in [1.29, 1.82) is 0 Å². The first-order chi connectivity index (χ1) is 7.98. The topological polar surface area (TPSA) is 60.8 Å². The van der Waals surface area contributed by atoms with E-state index in [0.717, 1.165) is 19.3 Å². The smallest absolute Gasteiger partial charge is 0.309 e. The van der Waals surface area contributed by atoms with Gasteiger partial charge in [-0.3, -0.25) is 4.79 Å². The predicted octanol–water partition coefficient (Wildman–Crippen LogP) is 1.48. The van der Waals surface area contributed by atoms with Crippen molar-refractivity contribution in [2.24, 2.45) is 5.92 Å². The maximum absolute atomic E-state index is 11.3. The first kappa shape index (κ1) is 12.8. The summed E-state index contributed by atoms with van der Waals surface area (Å²) in [7, 11) is 2.09. The van der Waals surface area contributed by atoms with Gasteiger partial charge in [-0.1, -0.05) is 13.3 Å². The van der Waals surface area contributed by atoms with Gasteiger partial charge >= 0.3 is 5.97 Å². The molecule has 4 nitrogen and oxygen atoms in total. The summed E-state index contributed by atoms with van der Waals surface area (Å²) in [6.07, 6.45) is 4.83. The molecule has 0 spiro atoms. The number of nitrogens with zero attached hydrogens (tertiary/aromatic N) is 1. The van der Waals surface area contributed by atoms with Gasteiger partial charge in [-0.25, -0.2) is 0 Å². The predicted molar refractivity (Wildman–Crippen MR) is 64.8 cm³/mol. The Morgan fingerprint density at radius 1 is 1.41 bits per heavy atom. The van der Waals surface area contributed by atoms with Crippen LogP contribution >= 0.6 is 0 Å². The lowest BCUT2D eigenvalue weighted by Crippen LogP contribution is -2.54. The van der Waals surface area contributed by atoms with Gasteiger partial charge in [0.15, 0.2) is 0 Å². The Morgan fingerprint density at radius 3 is 2.35 bits per heavy atom. The molecule has 2 bridgehead atoms. The zero-order valence-electron chi connectivity index (χ0n) is 10.7. The van der Waals surface area contributed by atoms with Crippen LogP contribution < -0.4 is 0 Å². The van der Waals surface area contributed by atoms with Crippen molar-refractivity contribution in [3.8, 4) is 0 Å². The molecule has 0 aromatic rings. The van der Waals surface area contributed by atoms with Crippen molar-refractivity contribution < 1.29 is 15.0 Å². The van der Waals surface area contributed by atoms with Gasteiger partial charge in [-0.05, 0) is 39.2 Å². The fourth-order valence-corrected chi connectivity index (χ4v) is 3.68. The van der Waals surface area contributed by atoms with Crippen LogP contribution in [-0.2, 0) is 4.79 Å². The lowest BCUT2D eigenvalue weighted by atomic mass is 9.74. The Morgan fingerprint density at radius 2 is 1.94 bits per heavy atom. The number of carboxylic acids is 1. The molecule has 98 valence electrons. The summed E-state index contributed by atoms with van der Waals surface area (Å²) in [4.78, 5) is 13.7. The molecule has 2 rings (SSSR count). The molecule has 0 amide bonds. The molecule has 4 heteroatoms. The molecule has 3 atom stereocenters. The minimum absolute atomic E-state index is 0.373. The monoisotopic (exact) mass is 241 g/mol. The van der Waals surface area contributed by atoms with Crippen LogP contribution in [0.25, 0.3) is 0 Å². The molecule has 2 aliphatic heterocycles. The van der Waals surface area contributed by atoms with Crippen molar-refractivity contribution >= 4 is 5.97 Å². The van der Waals surface area contributed by atoms with E-state index in [9.17, 15) is 15.0 Å². The molecular weight excluding hydrogens is 218 g/mol. The number of hydrogen-bond acceptors (Lipinski definition) is 3. The minimum atomic E-state index is -0.986. The molecule has 0 aromatic heterocycles. The largest absolute Gasteiger partial charge is 0.481 e. The molecule has 2 saturated heterocycles. The van der Waals surface area contributed by atoms with Gasteiger partial charge in [0, 0.05) is 12.1 Å². The molecular formula is C13H23NO3. The normalized spacial score (nSPS) is 39.2. The molecule has 17 heavy (non-hydrogen) atoms. The zero-order chi connectivity index (χ0) is 12.6. The molecule has 2 N–H and O–H groups in total. The fourth-order valence-electron chi connectivity index (χ4n) is 3.68. The second-order valence-corrected chi connectivity index (χ2v) is 5.74. The van der Waals surface area contributed by atoms with Crippen molar-refractivity contribution in [2.75, 3.05) is 7.05 Å². The van der Waals surface area contributed by atoms with Gasteiger partial charge in [0.2, 0.25) is 0 Å². The van der Waals surface area contributed by atoms with Gasteiger partial charge in [0.25, 0.3) is 0 Å². The van der Waals surface area contributed by atoms with E-state index in [0.29, 0.717) is 31.3 Å². The van der Waals surface area contributed by atoms with E-state index in [1.165, 1.54) is 0 Å². The van der Waals surface area contributed by atoms with Crippen molar-refractivity contribution in [1.82, 2.24) is 4.90 Å². The van der Waals surface area contributed by atoms with Crippen LogP contribution in [0.3, 0.4) is 0 Å². The molecule has 2 fully saturated rings. The summed E-state index contributed by atoms with van der Waals surface area (Å²) in [6.45, 7) is 1.98. The number of hydrogen-bond donors (Lipinski definition) is 2. The molecule has 0 aliphatic carbocycles. The zero-order valence-corrected chi connectivity index (χ0v) is 10.7. The van der Waals surface area contributed by atoms with Crippen LogP contribution in [0.2, 0.25) is 0 Å². The third kappa shape index (κ3) is 2.20. The lowest BCUT2D eigenvalue weighted by molar-refractivity contribution is -0.159. The summed E-state index contributed by atoms with van der Waals surface area (Å²) < 4.78 is 0. The van der Waals surface area contributed by atoms with Crippen LogP contribution in [0.15, 0.2) is 0 Å². The highest BCUT2D eigenvalue weighted by Crippen LogP contribution is 2.44. The number of aliphatic hydroxyl groups is 1. The average Bonchev–Trinajstić information content (AvgIpc) is 2.51. The summed E-state index contributed by atoms with van der Waals surface area (Å²) in [5.74, 6) is -1.43. The van der Waals surface area contributed by atoms with Gasteiger partial charge in [-0.2, -0.15) is 0 Å². The molecule has 2 heterocycles. The number of rotatable bonds is 4. The third-order valence-electron chi connectivity index (χ3n) is 4.69. The SMILES string of the molecule is CCCC(C(=O)O)C1(O)CC2CCC(C1)N2C. The minimum Gasteiger partial charge on any atom is -0.481 e. The lowest BCUT2D eigenvalue weighted by Gasteiger charge is -2.44. The first-order valence-corrected chi connectivity index (χ1v) is 6.65. The molecule has 0 aromatic carbocycles. The Kier molecular flexibility index (Phi) is 3.46. The van der Waals surface area contributed by atoms with E-state index in [1.807, 2.05) is 6.92 Å². The van der Waals surface area contributed by atoms with Crippen molar-refractivity contribution in [3.63, 3.8) is 0 Å². The summed E-state index contributed by atoms with van der Waals surface area (Å²) in [5, 5.41) is 20.0. The van der Waals surface area contributed by atoms with Gasteiger partial charge < -0.3 is 15.1 Å². The summed E-state index contributed by atoms with van der Waals surface area (Å²) >= 11 is 0. The summed E-state index contributed by atoms with van der Waals surface area (Å²) in [5.41, 5.74) is -0.986. The van der Waals surface area contributed by atoms with E-state index in [2.05, 4.69) is 11.9 Å². The van der Waals surface area contributed by atoms with Crippen LogP contribution in [0.5, 0.6) is 0 Å². The summed E-state index contributed by atoms with van der Waals surface area (Å²) in [6, 6.07) is 0.745. The van der Waals surface area contributed by atoms with Crippen LogP contribution in [0, 0.1) is 5.92 Å². The van der Waals surface area contributed by atoms with E-state index >= 15 is 0 Å². The number of aliphatic carboxylic acids is 1. The second-order valence-electron chi connectivity index (χ2n) is 5.74. The van der Waals surface area contributed by atoms with Crippen LogP contribution in [0.1, 0.15) is 45.4 Å². The molecule has 3 unspecified atom stereocenters. The van der Waals surface area contributed by atoms with Crippen LogP contribution in [-0.4, -0.2) is 45.8 Å². The number of piperidine rings is 1. The van der Waals surface area contributed by atoms with Gasteiger partial charge in [0.05, 0.1) is 11.5 Å².